The molecule has 0 spiro atoms. The molecule has 4 nitrogen and oxygen atoms in total. The fourth-order valence-electron chi connectivity index (χ4n) is 4.56. The molecule has 0 unspecified atom stereocenters. The van der Waals surface area contributed by atoms with Crippen molar-refractivity contribution in [1.29, 1.82) is 0 Å². The standard InChI is InChI=1S/C31H40N4/c1-29(2,3)32-21-25-17-19-27(34-25)31(23-13-9-7-10-14-23,24-15-11-8-12-16-24)28-20-18-26(35-28)22-33-30(4,5)6/h7-20,32-35H,21-22H2,1-6H3. The minimum absolute atomic E-state index is 0.0512. The lowest BCUT2D eigenvalue weighted by Gasteiger charge is -2.34. The fourth-order valence-corrected chi connectivity index (χ4v) is 4.56. The summed E-state index contributed by atoms with van der Waals surface area (Å²) in [5, 5.41) is 7.22. The van der Waals surface area contributed by atoms with Gasteiger partial charge in [-0.2, -0.15) is 0 Å². The van der Waals surface area contributed by atoms with E-state index in [1.807, 2.05) is 0 Å². The van der Waals surface area contributed by atoms with E-state index in [1.54, 1.807) is 0 Å². The van der Waals surface area contributed by atoms with Gasteiger partial charge in [-0.25, -0.2) is 0 Å². The predicted molar refractivity (Wildman–Crippen MR) is 147 cm³/mol. The van der Waals surface area contributed by atoms with Crippen molar-refractivity contribution in [2.24, 2.45) is 0 Å². The lowest BCUT2D eigenvalue weighted by Crippen LogP contribution is -2.36. The second-order valence-electron chi connectivity index (χ2n) is 11.5. The summed E-state index contributed by atoms with van der Waals surface area (Å²) in [5.74, 6) is 0. The molecule has 2 aromatic carbocycles. The summed E-state index contributed by atoms with van der Waals surface area (Å²) < 4.78 is 0. The van der Waals surface area contributed by atoms with Crippen LogP contribution >= 0.6 is 0 Å². The van der Waals surface area contributed by atoms with E-state index in [0.717, 1.165) is 24.5 Å². The minimum Gasteiger partial charge on any atom is -0.360 e. The molecule has 0 aliphatic heterocycles. The van der Waals surface area contributed by atoms with Crippen LogP contribution in [0, 0.1) is 0 Å². The lowest BCUT2D eigenvalue weighted by atomic mass is 9.69. The van der Waals surface area contributed by atoms with Crippen LogP contribution in [0.3, 0.4) is 0 Å². The first-order chi connectivity index (χ1) is 16.6. The van der Waals surface area contributed by atoms with E-state index in [1.165, 1.54) is 22.5 Å². The number of nitrogens with one attached hydrogen (secondary N) is 4. The van der Waals surface area contributed by atoms with Gasteiger partial charge in [-0.05, 0) is 76.9 Å². The molecule has 4 heteroatoms. The first-order valence-corrected chi connectivity index (χ1v) is 12.6. The molecule has 2 heterocycles. The largest absolute Gasteiger partial charge is 0.360 e. The predicted octanol–water partition coefficient (Wildman–Crippen LogP) is 6.50. The molecule has 0 fully saturated rings. The van der Waals surface area contributed by atoms with Gasteiger partial charge in [-0.3, -0.25) is 0 Å². The highest BCUT2D eigenvalue weighted by atomic mass is 15.0. The number of rotatable bonds is 8. The SMILES string of the molecule is CC(C)(C)NCc1ccc(C(c2ccccc2)(c2ccccc2)c2ccc(CNC(C)(C)C)[nH]2)[nH]1. The highest BCUT2D eigenvalue weighted by Crippen LogP contribution is 2.44. The summed E-state index contributed by atoms with van der Waals surface area (Å²) >= 11 is 0. The Morgan fingerprint density at radius 1 is 0.514 bits per heavy atom. The molecule has 4 N–H and O–H groups in total. The van der Waals surface area contributed by atoms with Crippen molar-refractivity contribution in [2.75, 3.05) is 0 Å². The van der Waals surface area contributed by atoms with Crippen LogP contribution < -0.4 is 10.6 Å². The van der Waals surface area contributed by atoms with Gasteiger partial charge in [-0.1, -0.05) is 60.7 Å². The third-order valence-electron chi connectivity index (χ3n) is 6.33. The molecule has 2 aromatic heterocycles. The second kappa shape index (κ2) is 9.88. The summed E-state index contributed by atoms with van der Waals surface area (Å²) in [5.41, 5.74) is 6.70. The molecule has 0 bridgehead atoms. The van der Waals surface area contributed by atoms with E-state index in [4.69, 9.17) is 0 Å². The molecule has 4 rings (SSSR count). The molecule has 0 amide bonds. The zero-order valence-electron chi connectivity index (χ0n) is 22.0. The Kier molecular flexibility index (Phi) is 7.07. The minimum atomic E-state index is -0.498. The Morgan fingerprint density at radius 2 is 0.886 bits per heavy atom. The van der Waals surface area contributed by atoms with Gasteiger partial charge in [0.1, 0.15) is 5.41 Å². The number of hydrogen-bond donors (Lipinski definition) is 4. The molecule has 184 valence electrons. The molecule has 0 saturated carbocycles. The smallest absolute Gasteiger partial charge is 0.100 e. The molecule has 0 radical (unpaired) electrons. The molecular weight excluding hydrogens is 428 g/mol. The average molecular weight is 469 g/mol. The van der Waals surface area contributed by atoms with E-state index in [2.05, 4.69) is 147 Å². The first kappa shape index (κ1) is 25.0. The van der Waals surface area contributed by atoms with Crippen molar-refractivity contribution < 1.29 is 0 Å². The number of hydrogen-bond acceptors (Lipinski definition) is 2. The zero-order valence-corrected chi connectivity index (χ0v) is 22.0. The van der Waals surface area contributed by atoms with Crippen LogP contribution in [-0.2, 0) is 18.5 Å². The molecule has 0 aliphatic rings. The first-order valence-electron chi connectivity index (χ1n) is 12.6. The van der Waals surface area contributed by atoms with Gasteiger partial charge < -0.3 is 20.6 Å². The lowest BCUT2D eigenvalue weighted by molar-refractivity contribution is 0.421. The molecule has 0 saturated heterocycles. The number of H-pyrrole nitrogens is 2. The van der Waals surface area contributed by atoms with E-state index in [0.29, 0.717) is 0 Å². The Balaban J connectivity index is 1.87. The topological polar surface area (TPSA) is 55.6 Å². The van der Waals surface area contributed by atoms with Crippen molar-refractivity contribution in [3.8, 4) is 0 Å². The molecule has 35 heavy (non-hydrogen) atoms. The average Bonchev–Trinajstić information content (AvgIpc) is 3.48. The molecule has 0 aliphatic carbocycles. The van der Waals surface area contributed by atoms with Crippen LogP contribution in [0.1, 0.15) is 75.4 Å². The third kappa shape index (κ3) is 5.77. The molecule has 4 aromatic rings. The maximum absolute atomic E-state index is 3.79. The third-order valence-corrected chi connectivity index (χ3v) is 6.33. The maximum Gasteiger partial charge on any atom is 0.100 e. The van der Waals surface area contributed by atoms with Gasteiger partial charge in [-0.15, -0.1) is 0 Å². The Bertz CT molecular complexity index is 1110. The second-order valence-corrected chi connectivity index (χ2v) is 11.5. The van der Waals surface area contributed by atoms with Crippen LogP contribution in [0.25, 0.3) is 0 Å². The van der Waals surface area contributed by atoms with Crippen LogP contribution in [0.2, 0.25) is 0 Å². The van der Waals surface area contributed by atoms with Gasteiger partial charge in [0.15, 0.2) is 0 Å². The summed E-state index contributed by atoms with van der Waals surface area (Å²) in [6.07, 6.45) is 0. The van der Waals surface area contributed by atoms with Crippen molar-refractivity contribution in [2.45, 2.75) is 71.1 Å². The monoisotopic (exact) mass is 468 g/mol. The number of aromatic amines is 2. The van der Waals surface area contributed by atoms with Crippen LogP contribution in [0.15, 0.2) is 84.9 Å². The van der Waals surface area contributed by atoms with Crippen LogP contribution in [0.5, 0.6) is 0 Å². The highest BCUT2D eigenvalue weighted by Gasteiger charge is 2.40. The van der Waals surface area contributed by atoms with Crippen molar-refractivity contribution in [3.63, 3.8) is 0 Å². The van der Waals surface area contributed by atoms with Crippen molar-refractivity contribution in [3.05, 3.63) is 119 Å². The Labute approximate surface area is 210 Å². The Morgan fingerprint density at radius 3 is 1.23 bits per heavy atom. The van der Waals surface area contributed by atoms with Gasteiger partial charge in [0.25, 0.3) is 0 Å². The normalized spacial score (nSPS) is 12.7. The molecule has 0 atom stereocenters. The number of aromatic nitrogens is 2. The van der Waals surface area contributed by atoms with E-state index >= 15 is 0 Å². The number of benzene rings is 2. The highest BCUT2D eigenvalue weighted by molar-refractivity contribution is 5.57. The summed E-state index contributed by atoms with van der Waals surface area (Å²) in [6, 6.07) is 30.5. The van der Waals surface area contributed by atoms with Crippen LogP contribution in [-0.4, -0.2) is 21.0 Å². The van der Waals surface area contributed by atoms with Crippen LogP contribution in [0.4, 0.5) is 0 Å². The van der Waals surface area contributed by atoms with Gasteiger partial charge >= 0.3 is 0 Å². The summed E-state index contributed by atoms with van der Waals surface area (Å²) in [4.78, 5) is 7.58. The summed E-state index contributed by atoms with van der Waals surface area (Å²) in [6.45, 7) is 14.7. The van der Waals surface area contributed by atoms with E-state index < -0.39 is 5.41 Å². The van der Waals surface area contributed by atoms with Gasteiger partial charge in [0, 0.05) is 46.9 Å². The fraction of sp³-hybridized carbons (Fsp3) is 0.355. The maximum atomic E-state index is 3.79. The van der Waals surface area contributed by atoms with Gasteiger partial charge in [0.05, 0.1) is 0 Å². The van der Waals surface area contributed by atoms with Gasteiger partial charge in [0.2, 0.25) is 0 Å². The zero-order chi connectivity index (χ0) is 25.1. The Hall–Kier alpha value is -3.08. The summed E-state index contributed by atoms with van der Waals surface area (Å²) in [7, 11) is 0. The van der Waals surface area contributed by atoms with Crippen molar-refractivity contribution >= 4 is 0 Å². The van der Waals surface area contributed by atoms with E-state index in [-0.39, 0.29) is 11.1 Å². The quantitative estimate of drug-likeness (QED) is 0.238. The molecular formula is C31H40N4. The van der Waals surface area contributed by atoms with E-state index in [9.17, 15) is 0 Å². The van der Waals surface area contributed by atoms with Crippen molar-refractivity contribution in [1.82, 2.24) is 20.6 Å².